The molecule has 1 aliphatic heterocycles. The molecule has 1 aliphatic rings. The van der Waals surface area contributed by atoms with Crippen LogP contribution in [0.3, 0.4) is 0 Å². The summed E-state index contributed by atoms with van der Waals surface area (Å²) >= 11 is 0. The highest BCUT2D eigenvalue weighted by molar-refractivity contribution is 5.72. The lowest BCUT2D eigenvalue weighted by Gasteiger charge is -2.35. The molecule has 0 atom stereocenters. The van der Waals surface area contributed by atoms with Gasteiger partial charge in [-0.15, -0.1) is 0 Å². The Balaban J connectivity index is 1.24. The number of hydrogen-bond acceptors (Lipinski definition) is 6. The maximum Gasteiger partial charge on any atom is 0.155 e. The summed E-state index contributed by atoms with van der Waals surface area (Å²) in [4.78, 5) is 14.1. The molecule has 0 radical (unpaired) electrons. The van der Waals surface area contributed by atoms with Crippen LogP contribution in [0.2, 0.25) is 0 Å². The highest BCUT2D eigenvalue weighted by Gasteiger charge is 2.22. The van der Waals surface area contributed by atoms with E-state index in [2.05, 4.69) is 49.3 Å². The minimum absolute atomic E-state index is 0.416. The van der Waals surface area contributed by atoms with E-state index in [1.54, 1.807) is 12.4 Å². The number of para-hydroxylation sites is 1. The zero-order chi connectivity index (χ0) is 22.5. The standard InChI is InChI=1S/C26H25N7/c27-11-10-21-6-8-23(9-7-21)25-26(29-13-12-28-25)32-16-14-31(15-17-32)19-22-18-30-33(20-22)24-4-2-1-3-5-24/h1-9,12-13,18,20H,10,14-17,19H2. The van der Waals surface area contributed by atoms with Crippen molar-refractivity contribution in [1.82, 2.24) is 24.6 Å². The number of nitrogens with zero attached hydrogens (tertiary/aromatic N) is 7. The lowest BCUT2D eigenvalue weighted by molar-refractivity contribution is 0.249. The Kier molecular flexibility index (Phi) is 6.09. The first kappa shape index (κ1) is 20.9. The predicted octanol–water partition coefficient (Wildman–Crippen LogP) is 3.72. The van der Waals surface area contributed by atoms with E-state index in [1.807, 2.05) is 53.3 Å². The fraction of sp³-hybridized carbons (Fsp3) is 0.231. The average molecular weight is 436 g/mol. The van der Waals surface area contributed by atoms with Crippen molar-refractivity contribution in [2.75, 3.05) is 31.1 Å². The molecule has 2 aromatic heterocycles. The van der Waals surface area contributed by atoms with Crippen LogP contribution in [-0.2, 0) is 13.0 Å². The van der Waals surface area contributed by atoms with Gasteiger partial charge in [0.2, 0.25) is 0 Å². The largest absolute Gasteiger partial charge is 0.352 e. The van der Waals surface area contributed by atoms with Crippen molar-refractivity contribution in [1.29, 1.82) is 5.26 Å². The number of anilines is 1. The van der Waals surface area contributed by atoms with Crippen LogP contribution >= 0.6 is 0 Å². The van der Waals surface area contributed by atoms with Gasteiger partial charge in [-0.05, 0) is 17.7 Å². The summed E-state index contributed by atoms with van der Waals surface area (Å²) in [5.74, 6) is 0.919. The third-order valence-electron chi connectivity index (χ3n) is 5.92. The lowest BCUT2D eigenvalue weighted by atomic mass is 10.1. The summed E-state index contributed by atoms with van der Waals surface area (Å²) in [6.45, 7) is 4.58. The molecule has 3 heterocycles. The van der Waals surface area contributed by atoms with Gasteiger partial charge in [0, 0.05) is 62.4 Å². The number of nitriles is 1. The molecule has 33 heavy (non-hydrogen) atoms. The Hall–Kier alpha value is -4.02. The Morgan fingerprint density at radius 2 is 1.61 bits per heavy atom. The molecular weight excluding hydrogens is 410 g/mol. The Morgan fingerprint density at radius 1 is 0.848 bits per heavy atom. The zero-order valence-corrected chi connectivity index (χ0v) is 18.4. The number of benzene rings is 2. The summed E-state index contributed by atoms with van der Waals surface area (Å²) in [5, 5.41) is 13.4. The van der Waals surface area contributed by atoms with Crippen molar-refractivity contribution in [3.63, 3.8) is 0 Å². The maximum absolute atomic E-state index is 8.90. The normalized spacial score (nSPS) is 14.2. The molecule has 0 amide bonds. The van der Waals surface area contributed by atoms with Crippen molar-refractivity contribution in [3.8, 4) is 23.0 Å². The first-order valence-corrected chi connectivity index (χ1v) is 11.1. The monoisotopic (exact) mass is 435 g/mol. The molecule has 1 saturated heterocycles. The van der Waals surface area contributed by atoms with Gasteiger partial charge >= 0.3 is 0 Å². The first-order chi connectivity index (χ1) is 16.3. The molecule has 4 aromatic rings. The van der Waals surface area contributed by atoms with E-state index < -0.39 is 0 Å². The summed E-state index contributed by atoms with van der Waals surface area (Å²) in [7, 11) is 0. The second-order valence-corrected chi connectivity index (χ2v) is 8.15. The van der Waals surface area contributed by atoms with Gasteiger partial charge in [-0.2, -0.15) is 10.4 Å². The van der Waals surface area contributed by atoms with E-state index in [-0.39, 0.29) is 0 Å². The van der Waals surface area contributed by atoms with Gasteiger partial charge in [0.25, 0.3) is 0 Å². The van der Waals surface area contributed by atoms with Crippen LogP contribution in [-0.4, -0.2) is 50.8 Å². The van der Waals surface area contributed by atoms with Crippen LogP contribution in [0.25, 0.3) is 16.9 Å². The molecule has 0 N–H and O–H groups in total. The van der Waals surface area contributed by atoms with Crippen molar-refractivity contribution < 1.29 is 0 Å². The molecule has 1 fully saturated rings. The lowest BCUT2D eigenvalue weighted by Crippen LogP contribution is -2.46. The summed E-state index contributed by atoms with van der Waals surface area (Å²) in [6, 6.07) is 20.4. The fourth-order valence-electron chi connectivity index (χ4n) is 4.18. The smallest absolute Gasteiger partial charge is 0.155 e. The summed E-state index contributed by atoms with van der Waals surface area (Å²) in [6.07, 6.45) is 7.98. The molecule has 0 unspecified atom stereocenters. The Labute approximate surface area is 193 Å². The topological polar surface area (TPSA) is 73.9 Å². The van der Waals surface area contributed by atoms with Gasteiger partial charge < -0.3 is 4.90 Å². The van der Waals surface area contributed by atoms with Gasteiger partial charge in [0.05, 0.1) is 24.4 Å². The van der Waals surface area contributed by atoms with Gasteiger partial charge in [0.1, 0.15) is 5.69 Å². The molecule has 0 bridgehead atoms. The van der Waals surface area contributed by atoms with Crippen LogP contribution < -0.4 is 4.90 Å². The predicted molar refractivity (Wildman–Crippen MR) is 128 cm³/mol. The van der Waals surface area contributed by atoms with Crippen molar-refractivity contribution in [2.24, 2.45) is 0 Å². The SMILES string of the molecule is N#CCc1ccc(-c2nccnc2N2CCN(Cc3cnn(-c4ccccc4)c3)CC2)cc1. The van der Waals surface area contributed by atoms with E-state index >= 15 is 0 Å². The van der Waals surface area contributed by atoms with E-state index in [0.717, 1.165) is 61.0 Å². The summed E-state index contributed by atoms with van der Waals surface area (Å²) < 4.78 is 1.93. The number of rotatable bonds is 6. The third-order valence-corrected chi connectivity index (χ3v) is 5.92. The Bertz CT molecular complexity index is 1230. The van der Waals surface area contributed by atoms with E-state index in [0.29, 0.717) is 6.42 Å². The molecule has 0 spiro atoms. The van der Waals surface area contributed by atoms with Crippen molar-refractivity contribution >= 4 is 5.82 Å². The van der Waals surface area contributed by atoms with E-state index in [1.165, 1.54) is 5.56 Å². The van der Waals surface area contributed by atoms with Gasteiger partial charge in [-0.25, -0.2) is 9.67 Å². The number of hydrogen-bond donors (Lipinski definition) is 0. The van der Waals surface area contributed by atoms with Crippen LogP contribution in [0.4, 0.5) is 5.82 Å². The quantitative estimate of drug-likeness (QED) is 0.460. The fourth-order valence-corrected chi connectivity index (χ4v) is 4.18. The molecule has 7 heteroatoms. The Morgan fingerprint density at radius 3 is 2.36 bits per heavy atom. The van der Waals surface area contributed by atoms with Crippen LogP contribution in [0.15, 0.2) is 79.4 Å². The molecule has 5 rings (SSSR count). The molecule has 0 saturated carbocycles. The summed E-state index contributed by atoms with van der Waals surface area (Å²) in [5.41, 5.74) is 5.21. The minimum Gasteiger partial charge on any atom is -0.352 e. The highest BCUT2D eigenvalue weighted by atomic mass is 15.3. The van der Waals surface area contributed by atoms with E-state index in [4.69, 9.17) is 5.26 Å². The molecular formula is C26H25N7. The van der Waals surface area contributed by atoms with Gasteiger partial charge in [-0.1, -0.05) is 42.5 Å². The van der Waals surface area contributed by atoms with Crippen LogP contribution in [0.1, 0.15) is 11.1 Å². The van der Waals surface area contributed by atoms with Crippen LogP contribution in [0.5, 0.6) is 0 Å². The van der Waals surface area contributed by atoms with Crippen molar-refractivity contribution in [3.05, 3.63) is 90.5 Å². The third kappa shape index (κ3) is 4.76. The first-order valence-electron chi connectivity index (χ1n) is 11.1. The van der Waals surface area contributed by atoms with Crippen molar-refractivity contribution in [2.45, 2.75) is 13.0 Å². The minimum atomic E-state index is 0.416. The highest BCUT2D eigenvalue weighted by Crippen LogP contribution is 2.28. The average Bonchev–Trinajstić information content (AvgIpc) is 3.34. The van der Waals surface area contributed by atoms with Gasteiger partial charge in [-0.3, -0.25) is 9.88 Å². The second-order valence-electron chi connectivity index (χ2n) is 8.15. The maximum atomic E-state index is 8.90. The number of piperazine rings is 1. The zero-order valence-electron chi connectivity index (χ0n) is 18.4. The molecule has 2 aromatic carbocycles. The van der Waals surface area contributed by atoms with E-state index in [9.17, 15) is 0 Å². The molecule has 7 nitrogen and oxygen atoms in total. The van der Waals surface area contributed by atoms with Crippen LogP contribution in [0, 0.1) is 11.3 Å². The number of aromatic nitrogens is 4. The van der Waals surface area contributed by atoms with Gasteiger partial charge in [0.15, 0.2) is 5.82 Å². The second kappa shape index (κ2) is 9.63. The molecule has 0 aliphatic carbocycles. The molecule has 164 valence electrons.